The first-order valence-corrected chi connectivity index (χ1v) is 5.42. The molecule has 1 unspecified atom stereocenters. The van der Waals surface area contributed by atoms with Crippen molar-refractivity contribution in [3.8, 4) is 0 Å². The number of hydrogen-bond acceptors (Lipinski definition) is 3. The third kappa shape index (κ3) is 7.23. The lowest BCUT2D eigenvalue weighted by Crippen LogP contribution is -2.30. The summed E-state index contributed by atoms with van der Waals surface area (Å²) in [6, 6.07) is 0. The highest BCUT2D eigenvalue weighted by atomic mass is 16.5. The van der Waals surface area contributed by atoms with Crippen LogP contribution in [0.4, 0.5) is 0 Å². The van der Waals surface area contributed by atoms with Gasteiger partial charge < -0.3 is 14.7 Å². The van der Waals surface area contributed by atoms with E-state index in [9.17, 15) is 9.59 Å². The van der Waals surface area contributed by atoms with Gasteiger partial charge in [-0.25, -0.2) is 0 Å². The van der Waals surface area contributed by atoms with Gasteiger partial charge in [0.1, 0.15) is 0 Å². The molecule has 0 aromatic carbocycles. The number of amides is 1. The van der Waals surface area contributed by atoms with Crippen LogP contribution in [0, 0.1) is 5.92 Å². The van der Waals surface area contributed by atoms with E-state index in [-0.39, 0.29) is 18.2 Å². The van der Waals surface area contributed by atoms with E-state index in [4.69, 9.17) is 9.84 Å². The summed E-state index contributed by atoms with van der Waals surface area (Å²) in [6.45, 7) is 3.01. The molecule has 0 aliphatic carbocycles. The summed E-state index contributed by atoms with van der Waals surface area (Å²) in [5.74, 6) is -0.594. The van der Waals surface area contributed by atoms with Crippen molar-refractivity contribution in [1.29, 1.82) is 0 Å². The Labute approximate surface area is 96.4 Å². The molecule has 0 spiro atoms. The number of carbonyl (C=O) groups excluding carboxylic acids is 1. The van der Waals surface area contributed by atoms with Crippen LogP contribution in [0.5, 0.6) is 0 Å². The third-order valence-corrected chi connectivity index (χ3v) is 2.28. The zero-order valence-electron chi connectivity index (χ0n) is 10.2. The van der Waals surface area contributed by atoms with E-state index in [1.807, 2.05) is 6.92 Å². The monoisotopic (exact) mass is 231 g/mol. The summed E-state index contributed by atoms with van der Waals surface area (Å²) in [5, 5.41) is 8.46. The molecule has 1 amide bonds. The highest BCUT2D eigenvalue weighted by Crippen LogP contribution is 2.05. The summed E-state index contributed by atoms with van der Waals surface area (Å²) >= 11 is 0. The Bertz CT molecular complexity index is 230. The van der Waals surface area contributed by atoms with Gasteiger partial charge in [0.05, 0.1) is 0 Å². The SMILES string of the molecule is COCC(C)CC(=O)N(C)CCCC(=O)O. The van der Waals surface area contributed by atoms with Crippen molar-refractivity contribution in [3.63, 3.8) is 0 Å². The van der Waals surface area contributed by atoms with Crippen LogP contribution in [0.25, 0.3) is 0 Å². The standard InChI is InChI=1S/C11H21NO4/c1-9(8-16-3)7-10(13)12(2)6-4-5-11(14)15/h9H,4-8H2,1-3H3,(H,14,15). The van der Waals surface area contributed by atoms with Crippen LogP contribution >= 0.6 is 0 Å². The molecule has 0 heterocycles. The number of aliphatic carboxylic acids is 1. The number of nitrogens with zero attached hydrogens (tertiary/aromatic N) is 1. The minimum Gasteiger partial charge on any atom is -0.481 e. The lowest BCUT2D eigenvalue weighted by atomic mass is 10.1. The van der Waals surface area contributed by atoms with E-state index in [2.05, 4.69) is 0 Å². The Morgan fingerprint density at radius 3 is 2.56 bits per heavy atom. The number of methoxy groups -OCH3 is 1. The number of carbonyl (C=O) groups is 2. The maximum Gasteiger partial charge on any atom is 0.303 e. The third-order valence-electron chi connectivity index (χ3n) is 2.28. The molecule has 0 saturated heterocycles. The number of ether oxygens (including phenoxy) is 1. The molecule has 0 aliphatic rings. The molecule has 5 nitrogen and oxygen atoms in total. The number of hydrogen-bond donors (Lipinski definition) is 1. The topological polar surface area (TPSA) is 66.8 Å². The van der Waals surface area contributed by atoms with Crippen molar-refractivity contribution in [2.24, 2.45) is 5.92 Å². The average molecular weight is 231 g/mol. The fourth-order valence-corrected chi connectivity index (χ4v) is 1.39. The Morgan fingerprint density at radius 2 is 2.06 bits per heavy atom. The lowest BCUT2D eigenvalue weighted by molar-refractivity contribution is -0.138. The van der Waals surface area contributed by atoms with Gasteiger partial charge >= 0.3 is 5.97 Å². The molecule has 0 rings (SSSR count). The van der Waals surface area contributed by atoms with Gasteiger partial charge in [0.25, 0.3) is 0 Å². The zero-order valence-corrected chi connectivity index (χ0v) is 10.2. The van der Waals surface area contributed by atoms with Gasteiger partial charge in [-0.1, -0.05) is 6.92 Å². The molecular weight excluding hydrogens is 210 g/mol. The molecule has 0 aromatic rings. The van der Waals surface area contributed by atoms with Crippen LogP contribution in [0.1, 0.15) is 26.2 Å². The predicted molar refractivity (Wildman–Crippen MR) is 60.2 cm³/mol. The summed E-state index contributed by atoms with van der Waals surface area (Å²) < 4.78 is 4.95. The van der Waals surface area contributed by atoms with Gasteiger partial charge in [0, 0.05) is 40.2 Å². The van der Waals surface area contributed by atoms with Crippen molar-refractivity contribution >= 4 is 11.9 Å². The fraction of sp³-hybridized carbons (Fsp3) is 0.818. The first-order valence-electron chi connectivity index (χ1n) is 5.42. The minimum absolute atomic E-state index is 0.0370. The van der Waals surface area contributed by atoms with E-state index in [0.717, 1.165) is 0 Å². The first-order chi connectivity index (χ1) is 7.47. The van der Waals surface area contributed by atoms with E-state index in [1.165, 1.54) is 0 Å². The molecule has 0 bridgehead atoms. The highest BCUT2D eigenvalue weighted by Gasteiger charge is 2.13. The second-order valence-electron chi connectivity index (χ2n) is 4.08. The predicted octanol–water partition coefficient (Wildman–Crippen LogP) is 0.982. The van der Waals surface area contributed by atoms with Crippen LogP contribution in [-0.4, -0.2) is 49.2 Å². The molecule has 94 valence electrons. The number of carboxylic acid groups (broad SMARTS) is 1. The molecular formula is C11H21NO4. The zero-order chi connectivity index (χ0) is 12.6. The lowest BCUT2D eigenvalue weighted by Gasteiger charge is -2.18. The second-order valence-corrected chi connectivity index (χ2v) is 4.08. The molecule has 0 aliphatic heterocycles. The molecule has 0 radical (unpaired) electrons. The molecule has 1 N–H and O–H groups in total. The van der Waals surface area contributed by atoms with Crippen molar-refractivity contribution in [2.75, 3.05) is 27.3 Å². The van der Waals surface area contributed by atoms with Crippen molar-refractivity contribution in [1.82, 2.24) is 4.90 Å². The van der Waals surface area contributed by atoms with Gasteiger partial charge in [-0.2, -0.15) is 0 Å². The molecule has 0 aromatic heterocycles. The van der Waals surface area contributed by atoms with E-state index >= 15 is 0 Å². The maximum absolute atomic E-state index is 11.6. The van der Waals surface area contributed by atoms with Crippen LogP contribution in [0.3, 0.4) is 0 Å². The van der Waals surface area contributed by atoms with Crippen LogP contribution in [-0.2, 0) is 14.3 Å². The Balaban J connectivity index is 3.76. The first kappa shape index (κ1) is 14.9. The molecule has 1 atom stereocenters. The Morgan fingerprint density at radius 1 is 1.44 bits per heavy atom. The van der Waals surface area contributed by atoms with E-state index < -0.39 is 5.97 Å². The van der Waals surface area contributed by atoms with Gasteiger partial charge in [-0.15, -0.1) is 0 Å². The van der Waals surface area contributed by atoms with Crippen molar-refractivity contribution < 1.29 is 19.4 Å². The number of rotatable bonds is 8. The number of carboxylic acids is 1. The maximum atomic E-state index is 11.6. The summed E-state index contributed by atoms with van der Waals surface area (Å²) in [5.41, 5.74) is 0. The largest absolute Gasteiger partial charge is 0.481 e. The van der Waals surface area contributed by atoms with Gasteiger partial charge in [-0.05, 0) is 12.3 Å². The normalized spacial score (nSPS) is 12.2. The molecule has 0 fully saturated rings. The minimum atomic E-state index is -0.825. The highest BCUT2D eigenvalue weighted by molar-refractivity contribution is 5.76. The Kier molecular flexibility index (Phi) is 7.54. The van der Waals surface area contributed by atoms with Crippen molar-refractivity contribution in [2.45, 2.75) is 26.2 Å². The second kappa shape index (κ2) is 8.10. The fourth-order valence-electron chi connectivity index (χ4n) is 1.39. The summed E-state index contributed by atoms with van der Waals surface area (Å²) in [6.07, 6.45) is 1.04. The van der Waals surface area contributed by atoms with E-state index in [0.29, 0.717) is 26.0 Å². The average Bonchev–Trinajstić information content (AvgIpc) is 2.17. The van der Waals surface area contributed by atoms with Crippen LogP contribution in [0.15, 0.2) is 0 Å². The van der Waals surface area contributed by atoms with Gasteiger partial charge in [0.2, 0.25) is 5.91 Å². The van der Waals surface area contributed by atoms with Crippen molar-refractivity contribution in [3.05, 3.63) is 0 Å². The molecule has 0 saturated carbocycles. The smallest absolute Gasteiger partial charge is 0.303 e. The van der Waals surface area contributed by atoms with Gasteiger partial charge in [-0.3, -0.25) is 9.59 Å². The summed E-state index contributed by atoms with van der Waals surface area (Å²) in [7, 11) is 3.31. The quantitative estimate of drug-likeness (QED) is 0.676. The van der Waals surface area contributed by atoms with Crippen LogP contribution < -0.4 is 0 Å². The molecule has 16 heavy (non-hydrogen) atoms. The summed E-state index contributed by atoms with van der Waals surface area (Å²) in [4.78, 5) is 23.5. The Hall–Kier alpha value is -1.10. The van der Waals surface area contributed by atoms with Gasteiger partial charge in [0.15, 0.2) is 0 Å². The molecule has 5 heteroatoms. The van der Waals surface area contributed by atoms with Crippen LogP contribution in [0.2, 0.25) is 0 Å². The van der Waals surface area contributed by atoms with E-state index in [1.54, 1.807) is 19.1 Å².